The van der Waals surface area contributed by atoms with Gasteiger partial charge < -0.3 is 10.6 Å². The maximum atomic E-state index is 6.00. The highest BCUT2D eigenvalue weighted by atomic mass is 32.1. The topological polar surface area (TPSA) is 32.5 Å². The van der Waals surface area contributed by atoms with Crippen molar-refractivity contribution in [1.29, 1.82) is 0 Å². The molecule has 1 aliphatic heterocycles. The molecule has 2 rings (SSSR count). The van der Waals surface area contributed by atoms with Gasteiger partial charge in [-0.2, -0.15) is 0 Å². The number of rotatable bonds is 4. The number of nitrogens with zero attached hydrogens (tertiary/aromatic N) is 2. The second kappa shape index (κ2) is 5.96. The molecule has 0 saturated carbocycles. The van der Waals surface area contributed by atoms with E-state index in [2.05, 4.69) is 41.3 Å². The molecular weight excluding hydrogens is 230 g/mol. The van der Waals surface area contributed by atoms with E-state index in [4.69, 9.17) is 5.73 Å². The zero-order chi connectivity index (χ0) is 12.3. The van der Waals surface area contributed by atoms with Crippen LogP contribution in [0.5, 0.6) is 0 Å². The summed E-state index contributed by atoms with van der Waals surface area (Å²) in [5, 5.41) is 2.15. The summed E-state index contributed by atoms with van der Waals surface area (Å²) in [5.74, 6) is 0. The largest absolute Gasteiger partial charge is 0.329 e. The van der Waals surface area contributed by atoms with E-state index in [0.29, 0.717) is 12.1 Å². The lowest BCUT2D eigenvalue weighted by Gasteiger charge is -2.43. The van der Waals surface area contributed by atoms with Gasteiger partial charge in [0.05, 0.1) is 6.04 Å². The van der Waals surface area contributed by atoms with Crippen LogP contribution in [-0.4, -0.2) is 49.1 Å². The molecule has 2 heterocycles. The molecular formula is C13H23N3S. The molecule has 1 aromatic heterocycles. The highest BCUT2D eigenvalue weighted by molar-refractivity contribution is 7.10. The second-order valence-corrected chi connectivity index (χ2v) is 5.81. The summed E-state index contributed by atoms with van der Waals surface area (Å²) in [6.45, 7) is 6.45. The van der Waals surface area contributed by atoms with Crippen LogP contribution in [0.25, 0.3) is 0 Å². The van der Waals surface area contributed by atoms with E-state index >= 15 is 0 Å². The Balaban J connectivity index is 2.13. The minimum atomic E-state index is 0.411. The molecule has 0 radical (unpaired) electrons. The van der Waals surface area contributed by atoms with Gasteiger partial charge in [-0.1, -0.05) is 13.0 Å². The molecule has 0 spiro atoms. The molecule has 17 heavy (non-hydrogen) atoms. The zero-order valence-electron chi connectivity index (χ0n) is 10.8. The van der Waals surface area contributed by atoms with Crippen LogP contribution < -0.4 is 5.73 Å². The summed E-state index contributed by atoms with van der Waals surface area (Å²) in [6.07, 6.45) is 1.20. The Morgan fingerprint density at radius 1 is 1.53 bits per heavy atom. The number of nitrogens with two attached hydrogens (primary N) is 1. The standard InChI is InChI=1S/C13H23N3S/c1-3-11-10-15(2)6-7-16(11)12(9-14)13-5-4-8-17-13/h4-5,8,11-12H,3,6-7,9-10,14H2,1-2H3. The van der Waals surface area contributed by atoms with Crippen molar-refractivity contribution in [3.8, 4) is 0 Å². The number of hydrogen-bond donors (Lipinski definition) is 1. The third-order valence-corrected chi connectivity index (χ3v) is 4.67. The van der Waals surface area contributed by atoms with Crippen LogP contribution in [0.1, 0.15) is 24.3 Å². The Bertz CT molecular complexity index is 325. The molecule has 2 atom stereocenters. The fraction of sp³-hybridized carbons (Fsp3) is 0.692. The molecule has 96 valence electrons. The molecule has 2 N–H and O–H groups in total. The highest BCUT2D eigenvalue weighted by Crippen LogP contribution is 2.28. The SMILES string of the molecule is CCC1CN(C)CCN1C(CN)c1cccs1. The van der Waals surface area contributed by atoms with E-state index in [1.54, 1.807) is 0 Å². The van der Waals surface area contributed by atoms with E-state index in [-0.39, 0.29) is 0 Å². The normalized spacial score (nSPS) is 25.0. The van der Waals surface area contributed by atoms with Crippen molar-refractivity contribution in [2.45, 2.75) is 25.4 Å². The molecule has 2 unspecified atom stereocenters. The van der Waals surface area contributed by atoms with Gasteiger partial charge >= 0.3 is 0 Å². The summed E-state index contributed by atoms with van der Waals surface area (Å²) in [5.41, 5.74) is 6.00. The maximum Gasteiger partial charge on any atom is 0.0567 e. The average molecular weight is 253 g/mol. The third-order valence-electron chi connectivity index (χ3n) is 3.70. The molecule has 0 bridgehead atoms. The first-order valence-electron chi connectivity index (χ1n) is 6.44. The van der Waals surface area contributed by atoms with Crippen molar-refractivity contribution in [3.05, 3.63) is 22.4 Å². The van der Waals surface area contributed by atoms with Crippen LogP contribution in [0.3, 0.4) is 0 Å². The maximum absolute atomic E-state index is 6.00. The van der Waals surface area contributed by atoms with Crippen LogP contribution in [0.15, 0.2) is 17.5 Å². The van der Waals surface area contributed by atoms with Crippen LogP contribution in [0.4, 0.5) is 0 Å². The highest BCUT2D eigenvalue weighted by Gasteiger charge is 2.30. The number of likely N-dealkylation sites (N-methyl/N-ethyl adjacent to an activating group) is 1. The van der Waals surface area contributed by atoms with Crippen molar-refractivity contribution in [2.75, 3.05) is 33.2 Å². The summed E-state index contributed by atoms with van der Waals surface area (Å²) in [6, 6.07) is 5.39. The van der Waals surface area contributed by atoms with Crippen molar-refractivity contribution >= 4 is 11.3 Å². The summed E-state index contributed by atoms with van der Waals surface area (Å²) >= 11 is 1.83. The number of piperazine rings is 1. The van der Waals surface area contributed by atoms with Crippen molar-refractivity contribution in [3.63, 3.8) is 0 Å². The van der Waals surface area contributed by atoms with Gasteiger partial charge in [0.15, 0.2) is 0 Å². The minimum absolute atomic E-state index is 0.411. The number of hydrogen-bond acceptors (Lipinski definition) is 4. The Labute approximate surface area is 108 Å². The molecule has 0 amide bonds. The van der Waals surface area contributed by atoms with E-state index in [0.717, 1.165) is 19.6 Å². The Hall–Kier alpha value is -0.420. The van der Waals surface area contributed by atoms with E-state index in [1.807, 2.05) is 11.3 Å². The van der Waals surface area contributed by atoms with Gasteiger partial charge in [0.2, 0.25) is 0 Å². The van der Waals surface area contributed by atoms with Gasteiger partial charge in [0.25, 0.3) is 0 Å². The quantitative estimate of drug-likeness (QED) is 0.888. The number of thiophene rings is 1. The molecule has 0 aromatic carbocycles. The smallest absolute Gasteiger partial charge is 0.0567 e. The fourth-order valence-electron chi connectivity index (χ4n) is 2.69. The van der Waals surface area contributed by atoms with E-state index < -0.39 is 0 Å². The van der Waals surface area contributed by atoms with Gasteiger partial charge in [-0.3, -0.25) is 4.90 Å². The Morgan fingerprint density at radius 3 is 2.94 bits per heavy atom. The molecule has 1 saturated heterocycles. The predicted molar refractivity (Wildman–Crippen MR) is 74.4 cm³/mol. The van der Waals surface area contributed by atoms with Crippen LogP contribution in [0.2, 0.25) is 0 Å². The minimum Gasteiger partial charge on any atom is -0.329 e. The zero-order valence-corrected chi connectivity index (χ0v) is 11.6. The van der Waals surface area contributed by atoms with E-state index in [9.17, 15) is 0 Å². The van der Waals surface area contributed by atoms with Crippen LogP contribution >= 0.6 is 11.3 Å². The first kappa shape index (κ1) is 13.0. The molecule has 4 heteroatoms. The van der Waals surface area contributed by atoms with Crippen molar-refractivity contribution in [2.24, 2.45) is 5.73 Å². The first-order valence-corrected chi connectivity index (χ1v) is 7.32. The van der Waals surface area contributed by atoms with Crippen LogP contribution in [-0.2, 0) is 0 Å². The van der Waals surface area contributed by atoms with Crippen molar-refractivity contribution < 1.29 is 0 Å². The van der Waals surface area contributed by atoms with Crippen molar-refractivity contribution in [1.82, 2.24) is 9.80 Å². The van der Waals surface area contributed by atoms with Gasteiger partial charge in [0.1, 0.15) is 0 Å². The van der Waals surface area contributed by atoms with Gasteiger partial charge in [-0.25, -0.2) is 0 Å². The summed E-state index contributed by atoms with van der Waals surface area (Å²) in [4.78, 5) is 6.44. The second-order valence-electron chi connectivity index (χ2n) is 4.83. The lowest BCUT2D eigenvalue weighted by Crippen LogP contribution is -2.53. The predicted octanol–water partition coefficient (Wildman–Crippen LogP) is 1.77. The first-order chi connectivity index (χ1) is 8.26. The van der Waals surface area contributed by atoms with Crippen LogP contribution in [0, 0.1) is 0 Å². The van der Waals surface area contributed by atoms with Gasteiger partial charge in [-0.15, -0.1) is 11.3 Å². The van der Waals surface area contributed by atoms with E-state index in [1.165, 1.54) is 17.8 Å². The summed E-state index contributed by atoms with van der Waals surface area (Å²) in [7, 11) is 2.21. The fourth-order valence-corrected chi connectivity index (χ4v) is 3.55. The summed E-state index contributed by atoms with van der Waals surface area (Å²) < 4.78 is 0. The lowest BCUT2D eigenvalue weighted by atomic mass is 10.1. The monoisotopic (exact) mass is 253 g/mol. The third kappa shape index (κ3) is 2.88. The van der Waals surface area contributed by atoms with Gasteiger partial charge in [0, 0.05) is 37.1 Å². The Morgan fingerprint density at radius 2 is 2.35 bits per heavy atom. The molecule has 1 aromatic rings. The molecule has 1 fully saturated rings. The lowest BCUT2D eigenvalue weighted by molar-refractivity contribution is 0.0533. The molecule has 3 nitrogen and oxygen atoms in total. The molecule has 0 aliphatic carbocycles. The molecule has 1 aliphatic rings. The van der Waals surface area contributed by atoms with Gasteiger partial charge in [-0.05, 0) is 24.9 Å². The average Bonchev–Trinajstić information content (AvgIpc) is 2.85. The Kier molecular flexibility index (Phi) is 4.56.